The summed E-state index contributed by atoms with van der Waals surface area (Å²) >= 11 is 0. The molecular weight excluding hydrogens is 296 g/mol. The van der Waals surface area contributed by atoms with Gasteiger partial charge in [0.1, 0.15) is 5.76 Å². The molecule has 0 aliphatic rings. The van der Waals surface area contributed by atoms with E-state index in [1.165, 1.54) is 6.26 Å². The molecule has 2 aromatic rings. The van der Waals surface area contributed by atoms with Crippen molar-refractivity contribution in [3.05, 3.63) is 54.0 Å². The maximum absolute atomic E-state index is 11.9. The molecule has 1 aromatic heterocycles. The summed E-state index contributed by atoms with van der Waals surface area (Å²) in [4.78, 5) is 23.7. The number of para-hydroxylation sites is 1. The minimum Gasteiger partial charge on any atom is -0.469 e. The summed E-state index contributed by atoms with van der Waals surface area (Å²) < 4.78 is 5.16. The molecule has 0 fully saturated rings. The third-order valence-corrected chi connectivity index (χ3v) is 3.36. The Balaban J connectivity index is 1.86. The van der Waals surface area contributed by atoms with Gasteiger partial charge in [0, 0.05) is 18.7 Å². The molecule has 1 heterocycles. The van der Waals surface area contributed by atoms with E-state index in [-0.39, 0.29) is 13.0 Å². The van der Waals surface area contributed by atoms with Crippen molar-refractivity contribution >= 4 is 17.5 Å². The van der Waals surface area contributed by atoms with Crippen molar-refractivity contribution in [3.63, 3.8) is 0 Å². The predicted octanol–water partition coefficient (Wildman–Crippen LogP) is 1.64. The number of carbonyl (C=O) groups is 2. The molecule has 1 unspecified atom stereocenters. The van der Waals surface area contributed by atoms with Crippen LogP contribution < -0.4 is 10.6 Å². The van der Waals surface area contributed by atoms with Gasteiger partial charge >= 0.3 is 11.8 Å². The van der Waals surface area contributed by atoms with Crippen LogP contribution in [-0.4, -0.2) is 29.1 Å². The molecule has 2 amide bonds. The van der Waals surface area contributed by atoms with Crippen LogP contribution in [0.3, 0.4) is 0 Å². The van der Waals surface area contributed by atoms with Crippen LogP contribution in [-0.2, 0) is 16.0 Å². The third-order valence-electron chi connectivity index (χ3n) is 3.36. The Hall–Kier alpha value is -2.60. The summed E-state index contributed by atoms with van der Waals surface area (Å²) in [7, 11) is 0. The van der Waals surface area contributed by atoms with Gasteiger partial charge in [0.25, 0.3) is 0 Å². The maximum Gasteiger partial charge on any atom is 0.313 e. The summed E-state index contributed by atoms with van der Waals surface area (Å²) in [5, 5.41) is 15.2. The van der Waals surface area contributed by atoms with E-state index in [4.69, 9.17) is 4.42 Å². The lowest BCUT2D eigenvalue weighted by atomic mass is 10.0. The number of nitrogens with one attached hydrogen (secondary N) is 2. The van der Waals surface area contributed by atoms with E-state index in [2.05, 4.69) is 10.6 Å². The number of anilines is 1. The van der Waals surface area contributed by atoms with Gasteiger partial charge in [-0.05, 0) is 37.6 Å². The molecule has 6 nitrogen and oxygen atoms in total. The van der Waals surface area contributed by atoms with E-state index in [1.54, 1.807) is 31.2 Å². The third kappa shape index (κ3) is 4.96. The van der Waals surface area contributed by atoms with Crippen LogP contribution in [0.5, 0.6) is 0 Å². The summed E-state index contributed by atoms with van der Waals surface area (Å²) in [6.07, 6.45) is 1.75. The van der Waals surface area contributed by atoms with Crippen LogP contribution in [0.1, 0.15) is 18.2 Å². The van der Waals surface area contributed by atoms with E-state index < -0.39 is 17.4 Å². The minimum atomic E-state index is -1.21. The molecule has 1 aromatic carbocycles. The maximum atomic E-state index is 11.9. The highest BCUT2D eigenvalue weighted by molar-refractivity contribution is 6.39. The molecule has 0 saturated carbocycles. The fraction of sp³-hybridized carbons (Fsp3) is 0.294. The molecular formula is C17H20N2O4. The van der Waals surface area contributed by atoms with Gasteiger partial charge < -0.3 is 20.2 Å². The number of furan rings is 1. The molecule has 0 spiro atoms. The van der Waals surface area contributed by atoms with Gasteiger partial charge in [0.2, 0.25) is 0 Å². The molecule has 0 aliphatic carbocycles. The molecule has 2 rings (SSSR count). The monoisotopic (exact) mass is 316 g/mol. The van der Waals surface area contributed by atoms with E-state index in [0.29, 0.717) is 11.4 Å². The second-order valence-corrected chi connectivity index (χ2v) is 5.70. The van der Waals surface area contributed by atoms with Gasteiger partial charge in [0.05, 0.1) is 11.9 Å². The second kappa shape index (κ2) is 7.11. The highest BCUT2D eigenvalue weighted by atomic mass is 16.3. The van der Waals surface area contributed by atoms with Crippen LogP contribution in [0.2, 0.25) is 0 Å². The first kappa shape index (κ1) is 16.8. The van der Waals surface area contributed by atoms with Gasteiger partial charge in [-0.3, -0.25) is 9.59 Å². The normalized spacial score (nSPS) is 13.2. The number of hydrogen-bond donors (Lipinski definition) is 3. The van der Waals surface area contributed by atoms with Gasteiger partial charge in [-0.25, -0.2) is 0 Å². The number of benzene rings is 1. The molecule has 122 valence electrons. The van der Waals surface area contributed by atoms with Crippen LogP contribution in [0.25, 0.3) is 0 Å². The van der Waals surface area contributed by atoms with Crippen molar-refractivity contribution in [3.8, 4) is 0 Å². The van der Waals surface area contributed by atoms with Crippen molar-refractivity contribution in [1.82, 2.24) is 5.32 Å². The fourth-order valence-electron chi connectivity index (χ4n) is 2.09. The average molecular weight is 316 g/mol. The summed E-state index contributed by atoms with van der Waals surface area (Å²) in [5.41, 5.74) is 0.227. The smallest absolute Gasteiger partial charge is 0.313 e. The fourth-order valence-corrected chi connectivity index (χ4v) is 2.09. The Bertz CT molecular complexity index is 678. The quantitative estimate of drug-likeness (QED) is 0.731. The van der Waals surface area contributed by atoms with Crippen molar-refractivity contribution in [2.75, 3.05) is 11.9 Å². The lowest BCUT2D eigenvalue weighted by molar-refractivity contribution is -0.136. The lowest BCUT2D eigenvalue weighted by Gasteiger charge is -2.22. The first-order valence-electron chi connectivity index (χ1n) is 7.27. The largest absolute Gasteiger partial charge is 0.469 e. The Kier molecular flexibility index (Phi) is 5.18. The lowest BCUT2D eigenvalue weighted by Crippen LogP contribution is -2.45. The second-order valence-electron chi connectivity index (χ2n) is 5.70. The first-order valence-corrected chi connectivity index (χ1v) is 7.27. The topological polar surface area (TPSA) is 91.6 Å². The number of aliphatic hydroxyl groups is 1. The van der Waals surface area contributed by atoms with Crippen LogP contribution in [0.15, 0.2) is 47.1 Å². The molecule has 6 heteroatoms. The van der Waals surface area contributed by atoms with E-state index in [1.807, 2.05) is 19.1 Å². The van der Waals surface area contributed by atoms with E-state index in [0.717, 1.165) is 5.56 Å². The number of hydrogen-bond acceptors (Lipinski definition) is 4. The SMILES string of the molecule is Cc1ccccc1NC(=O)C(=O)NCC(C)(O)Cc1ccco1. The molecule has 1 atom stereocenters. The number of amides is 2. The Labute approximate surface area is 134 Å². The summed E-state index contributed by atoms with van der Waals surface area (Å²) in [5.74, 6) is -0.963. The average Bonchev–Trinajstić information content (AvgIpc) is 2.99. The minimum absolute atomic E-state index is 0.0618. The summed E-state index contributed by atoms with van der Waals surface area (Å²) in [6.45, 7) is 3.34. The molecule has 0 aliphatic heterocycles. The molecule has 0 radical (unpaired) electrons. The highest BCUT2D eigenvalue weighted by Gasteiger charge is 2.25. The van der Waals surface area contributed by atoms with Crippen LogP contribution in [0.4, 0.5) is 5.69 Å². The van der Waals surface area contributed by atoms with Gasteiger partial charge in [-0.15, -0.1) is 0 Å². The van der Waals surface area contributed by atoms with Crippen molar-refractivity contribution in [2.24, 2.45) is 0 Å². The molecule has 3 N–H and O–H groups in total. The zero-order valence-corrected chi connectivity index (χ0v) is 13.1. The Morgan fingerprint density at radius 3 is 2.57 bits per heavy atom. The van der Waals surface area contributed by atoms with Crippen molar-refractivity contribution in [2.45, 2.75) is 25.9 Å². The number of carbonyl (C=O) groups excluding carboxylic acids is 2. The zero-order chi connectivity index (χ0) is 16.9. The zero-order valence-electron chi connectivity index (χ0n) is 13.1. The molecule has 0 saturated heterocycles. The molecule has 0 bridgehead atoms. The van der Waals surface area contributed by atoms with Crippen LogP contribution >= 0.6 is 0 Å². The Morgan fingerprint density at radius 1 is 1.17 bits per heavy atom. The van der Waals surface area contributed by atoms with Gasteiger partial charge in [-0.2, -0.15) is 0 Å². The highest BCUT2D eigenvalue weighted by Crippen LogP contribution is 2.14. The molecule has 23 heavy (non-hydrogen) atoms. The first-order chi connectivity index (χ1) is 10.9. The summed E-state index contributed by atoms with van der Waals surface area (Å²) in [6, 6.07) is 10.6. The van der Waals surface area contributed by atoms with Crippen LogP contribution in [0, 0.1) is 6.92 Å². The predicted molar refractivity (Wildman–Crippen MR) is 85.9 cm³/mol. The van der Waals surface area contributed by atoms with E-state index >= 15 is 0 Å². The Morgan fingerprint density at radius 2 is 1.91 bits per heavy atom. The number of aryl methyl sites for hydroxylation is 1. The van der Waals surface area contributed by atoms with Gasteiger partial charge in [-0.1, -0.05) is 18.2 Å². The standard InChI is InChI=1S/C17H20N2O4/c1-12-6-3-4-8-14(12)19-16(21)15(20)18-11-17(2,22)10-13-7-5-9-23-13/h3-9,22H,10-11H2,1-2H3,(H,18,20)(H,19,21). The van der Waals surface area contributed by atoms with Gasteiger partial charge in [0.15, 0.2) is 0 Å². The van der Waals surface area contributed by atoms with E-state index in [9.17, 15) is 14.7 Å². The van der Waals surface area contributed by atoms with Crippen molar-refractivity contribution in [1.29, 1.82) is 0 Å². The number of rotatable bonds is 5. The van der Waals surface area contributed by atoms with Crippen molar-refractivity contribution < 1.29 is 19.1 Å².